The molecule has 0 aliphatic carbocycles. The third kappa shape index (κ3) is 1.54. The van der Waals surface area contributed by atoms with Crippen LogP contribution in [0.3, 0.4) is 0 Å². The Hall–Kier alpha value is -1.03. The highest BCUT2D eigenvalue weighted by Gasteiger charge is 2.20. The minimum atomic E-state index is 0.499. The van der Waals surface area contributed by atoms with E-state index in [4.69, 9.17) is 5.73 Å². The predicted molar refractivity (Wildman–Crippen MR) is 52.6 cm³/mol. The summed E-state index contributed by atoms with van der Waals surface area (Å²) in [6.07, 6.45) is 2.41. The number of nitrogens with two attached hydrogens (primary N) is 1. The van der Waals surface area contributed by atoms with Crippen molar-refractivity contribution >= 4 is 5.69 Å². The second-order valence-corrected chi connectivity index (χ2v) is 3.69. The van der Waals surface area contributed by atoms with E-state index in [1.165, 1.54) is 12.8 Å². The summed E-state index contributed by atoms with van der Waals surface area (Å²) < 4.78 is 0. The Balaban J connectivity index is 2.18. The van der Waals surface area contributed by atoms with Gasteiger partial charge in [0.15, 0.2) is 0 Å². The molecule has 72 valence electrons. The number of aromatic amines is 1. The second-order valence-electron chi connectivity index (χ2n) is 3.69. The molecule has 0 saturated carbocycles. The highest BCUT2D eigenvalue weighted by molar-refractivity contribution is 5.48. The summed E-state index contributed by atoms with van der Waals surface area (Å²) >= 11 is 0. The number of H-pyrrole nitrogens is 1. The van der Waals surface area contributed by atoms with Crippen molar-refractivity contribution in [1.29, 1.82) is 0 Å². The van der Waals surface area contributed by atoms with Gasteiger partial charge in [0, 0.05) is 12.5 Å². The highest BCUT2D eigenvalue weighted by Crippen LogP contribution is 2.27. The summed E-state index contributed by atoms with van der Waals surface area (Å²) in [7, 11) is 0. The number of anilines is 1. The molecule has 0 bridgehead atoms. The maximum Gasteiger partial charge on any atom is 0.0897 e. The second kappa shape index (κ2) is 3.38. The molecule has 0 radical (unpaired) electrons. The van der Waals surface area contributed by atoms with Crippen LogP contribution in [0.15, 0.2) is 0 Å². The molecule has 1 aliphatic heterocycles. The summed E-state index contributed by atoms with van der Waals surface area (Å²) in [4.78, 5) is 0. The van der Waals surface area contributed by atoms with Gasteiger partial charge in [-0.3, -0.25) is 5.10 Å². The first-order valence-electron chi connectivity index (χ1n) is 4.80. The van der Waals surface area contributed by atoms with E-state index in [0.29, 0.717) is 5.92 Å². The molecular weight excluding hydrogens is 164 g/mol. The molecule has 1 fully saturated rings. The van der Waals surface area contributed by atoms with Crippen molar-refractivity contribution in [3.05, 3.63) is 11.4 Å². The van der Waals surface area contributed by atoms with Crippen molar-refractivity contribution in [2.75, 3.05) is 18.8 Å². The van der Waals surface area contributed by atoms with E-state index >= 15 is 0 Å². The molecule has 4 nitrogen and oxygen atoms in total. The molecule has 2 rings (SSSR count). The minimum absolute atomic E-state index is 0.499. The first-order valence-corrected chi connectivity index (χ1v) is 4.80. The molecule has 1 aromatic rings. The topological polar surface area (TPSA) is 66.7 Å². The highest BCUT2D eigenvalue weighted by atomic mass is 15.1. The zero-order valence-electron chi connectivity index (χ0n) is 7.93. The normalized spacial score (nSPS) is 23.3. The lowest BCUT2D eigenvalue weighted by Crippen LogP contribution is -2.28. The van der Waals surface area contributed by atoms with Crippen LogP contribution in [0, 0.1) is 6.92 Å². The van der Waals surface area contributed by atoms with Gasteiger partial charge in [0.2, 0.25) is 0 Å². The zero-order valence-corrected chi connectivity index (χ0v) is 7.93. The van der Waals surface area contributed by atoms with Crippen LogP contribution in [0.5, 0.6) is 0 Å². The van der Waals surface area contributed by atoms with Crippen molar-refractivity contribution in [2.24, 2.45) is 0 Å². The van der Waals surface area contributed by atoms with Crippen LogP contribution in [0.4, 0.5) is 5.69 Å². The van der Waals surface area contributed by atoms with Gasteiger partial charge in [-0.15, -0.1) is 0 Å². The van der Waals surface area contributed by atoms with Gasteiger partial charge in [-0.1, -0.05) is 0 Å². The van der Waals surface area contributed by atoms with E-state index in [-0.39, 0.29) is 0 Å². The fourth-order valence-corrected chi connectivity index (χ4v) is 1.85. The smallest absolute Gasteiger partial charge is 0.0897 e. The average Bonchev–Trinajstić information content (AvgIpc) is 2.49. The van der Waals surface area contributed by atoms with Crippen molar-refractivity contribution in [3.63, 3.8) is 0 Å². The summed E-state index contributed by atoms with van der Waals surface area (Å²) in [5.74, 6) is 0.499. The minimum Gasteiger partial charge on any atom is -0.396 e. The number of nitrogen functional groups attached to an aromatic ring is 1. The first-order chi connectivity index (χ1) is 6.29. The van der Waals surface area contributed by atoms with Gasteiger partial charge in [0.1, 0.15) is 0 Å². The molecule has 13 heavy (non-hydrogen) atoms. The van der Waals surface area contributed by atoms with Crippen LogP contribution in [0.2, 0.25) is 0 Å². The van der Waals surface area contributed by atoms with Crippen LogP contribution in [-0.4, -0.2) is 23.3 Å². The van der Waals surface area contributed by atoms with Gasteiger partial charge in [0.05, 0.1) is 17.1 Å². The van der Waals surface area contributed by atoms with Crippen LogP contribution in [-0.2, 0) is 0 Å². The molecule has 4 N–H and O–H groups in total. The van der Waals surface area contributed by atoms with Crippen LogP contribution < -0.4 is 11.1 Å². The zero-order chi connectivity index (χ0) is 9.26. The van der Waals surface area contributed by atoms with E-state index in [2.05, 4.69) is 15.5 Å². The Morgan fingerprint density at radius 2 is 2.38 bits per heavy atom. The van der Waals surface area contributed by atoms with Gasteiger partial charge in [-0.2, -0.15) is 5.10 Å². The Labute approximate surface area is 77.9 Å². The Bertz CT molecular complexity index is 286. The Morgan fingerprint density at radius 1 is 1.54 bits per heavy atom. The number of hydrogen-bond acceptors (Lipinski definition) is 3. The fraction of sp³-hybridized carbons (Fsp3) is 0.667. The molecule has 2 heterocycles. The van der Waals surface area contributed by atoms with Gasteiger partial charge < -0.3 is 11.1 Å². The molecule has 1 unspecified atom stereocenters. The molecular formula is C9H16N4. The average molecular weight is 180 g/mol. The summed E-state index contributed by atoms with van der Waals surface area (Å²) in [5, 5.41) is 10.5. The molecule has 0 spiro atoms. The van der Waals surface area contributed by atoms with E-state index in [1.54, 1.807) is 0 Å². The molecule has 0 aromatic carbocycles. The first kappa shape index (κ1) is 8.56. The van der Waals surface area contributed by atoms with Gasteiger partial charge >= 0.3 is 0 Å². The molecule has 4 heteroatoms. The van der Waals surface area contributed by atoms with E-state index < -0.39 is 0 Å². The number of nitrogens with zero attached hydrogens (tertiary/aromatic N) is 1. The molecule has 1 saturated heterocycles. The monoisotopic (exact) mass is 180 g/mol. The predicted octanol–water partition coefficient (Wildman–Crippen LogP) is 0.767. The van der Waals surface area contributed by atoms with Crippen LogP contribution >= 0.6 is 0 Å². The van der Waals surface area contributed by atoms with Crippen molar-refractivity contribution in [2.45, 2.75) is 25.7 Å². The van der Waals surface area contributed by atoms with E-state index in [1.807, 2.05) is 6.92 Å². The number of hydrogen-bond donors (Lipinski definition) is 3. The van der Waals surface area contributed by atoms with Gasteiger partial charge in [0.25, 0.3) is 0 Å². The summed E-state index contributed by atoms with van der Waals surface area (Å²) in [5.41, 5.74) is 8.79. The van der Waals surface area contributed by atoms with E-state index in [9.17, 15) is 0 Å². The quantitative estimate of drug-likeness (QED) is 0.598. The van der Waals surface area contributed by atoms with Crippen molar-refractivity contribution in [1.82, 2.24) is 15.5 Å². The SMILES string of the molecule is Cc1[nH]nc(C2CCCNC2)c1N. The van der Waals surface area contributed by atoms with Gasteiger partial charge in [-0.25, -0.2) is 0 Å². The fourth-order valence-electron chi connectivity index (χ4n) is 1.85. The molecule has 1 aliphatic rings. The van der Waals surface area contributed by atoms with E-state index in [0.717, 1.165) is 30.2 Å². The largest absolute Gasteiger partial charge is 0.396 e. The number of nitrogens with one attached hydrogen (secondary N) is 2. The molecule has 1 aromatic heterocycles. The van der Waals surface area contributed by atoms with Crippen LogP contribution in [0.25, 0.3) is 0 Å². The van der Waals surface area contributed by atoms with Gasteiger partial charge in [-0.05, 0) is 26.3 Å². The number of aromatic nitrogens is 2. The number of aryl methyl sites for hydroxylation is 1. The lowest BCUT2D eigenvalue weighted by molar-refractivity contribution is 0.455. The number of piperidine rings is 1. The maximum atomic E-state index is 5.91. The third-order valence-electron chi connectivity index (χ3n) is 2.71. The van der Waals surface area contributed by atoms with Crippen molar-refractivity contribution in [3.8, 4) is 0 Å². The maximum absolute atomic E-state index is 5.91. The lowest BCUT2D eigenvalue weighted by atomic mass is 9.95. The standard InChI is InChI=1S/C9H16N4/c1-6-8(10)9(13-12-6)7-3-2-4-11-5-7/h7,11H,2-5,10H2,1H3,(H,12,13). The summed E-state index contributed by atoms with van der Waals surface area (Å²) in [6.45, 7) is 4.09. The van der Waals surface area contributed by atoms with Crippen molar-refractivity contribution < 1.29 is 0 Å². The lowest BCUT2D eigenvalue weighted by Gasteiger charge is -2.21. The molecule has 1 atom stereocenters. The van der Waals surface area contributed by atoms with Crippen LogP contribution in [0.1, 0.15) is 30.1 Å². The summed E-state index contributed by atoms with van der Waals surface area (Å²) in [6, 6.07) is 0. The number of rotatable bonds is 1. The Kier molecular flexibility index (Phi) is 2.22. The Morgan fingerprint density at radius 3 is 2.92 bits per heavy atom. The molecule has 0 amide bonds. The third-order valence-corrected chi connectivity index (χ3v) is 2.71.